The van der Waals surface area contributed by atoms with E-state index in [0.717, 1.165) is 17.1 Å². The number of likely N-dealkylation sites (N-methyl/N-ethyl adjacent to an activating group) is 1. The second-order valence-corrected chi connectivity index (χ2v) is 7.07. The summed E-state index contributed by atoms with van der Waals surface area (Å²) in [6.45, 7) is 9.16. The van der Waals surface area contributed by atoms with Gasteiger partial charge in [-0.25, -0.2) is 0 Å². The van der Waals surface area contributed by atoms with Gasteiger partial charge in [0.05, 0.1) is 18.2 Å². The number of amides is 1. The Kier molecular flexibility index (Phi) is 5.49. The molecule has 0 bridgehead atoms. The number of carbonyl (C=O) groups is 1. The lowest BCUT2D eigenvalue weighted by Gasteiger charge is -2.38. The number of ether oxygens (including phenoxy) is 3. The third-order valence-corrected chi connectivity index (χ3v) is 4.79. The minimum absolute atomic E-state index is 0.0861. The second-order valence-electron chi connectivity index (χ2n) is 7.07. The number of rotatable bonds is 4. The van der Waals surface area contributed by atoms with Crippen LogP contribution in [0.3, 0.4) is 0 Å². The van der Waals surface area contributed by atoms with Gasteiger partial charge in [-0.2, -0.15) is 0 Å². The van der Waals surface area contributed by atoms with Crippen LogP contribution in [0.2, 0.25) is 0 Å². The number of fused-ring (bicyclic) bond motifs is 1. The topological polar surface area (TPSA) is 51.2 Å². The molecule has 1 fully saturated rings. The van der Waals surface area contributed by atoms with Crippen LogP contribution in [0, 0.1) is 0 Å². The Morgan fingerprint density at radius 2 is 1.84 bits per heavy atom. The molecule has 0 spiro atoms. The zero-order valence-electron chi connectivity index (χ0n) is 15.5. The summed E-state index contributed by atoms with van der Waals surface area (Å²) in [6.07, 6.45) is 0.172. The normalized spacial score (nSPS) is 24.3. The molecule has 3 unspecified atom stereocenters. The summed E-state index contributed by atoms with van der Waals surface area (Å²) in [5.74, 6) is 1.73. The van der Waals surface area contributed by atoms with Crippen LogP contribution >= 0.6 is 0 Å². The van der Waals surface area contributed by atoms with Crippen LogP contribution in [0.5, 0.6) is 11.5 Å². The quantitative estimate of drug-likeness (QED) is 0.832. The van der Waals surface area contributed by atoms with Crippen molar-refractivity contribution in [2.24, 2.45) is 0 Å². The summed E-state index contributed by atoms with van der Waals surface area (Å²) < 4.78 is 16.9. The minimum atomic E-state index is -0.189. The lowest BCUT2D eigenvalue weighted by molar-refractivity contribution is -0.147. The van der Waals surface area contributed by atoms with Gasteiger partial charge in [0.15, 0.2) is 11.5 Å². The fourth-order valence-corrected chi connectivity index (χ4v) is 3.42. The van der Waals surface area contributed by atoms with Gasteiger partial charge < -0.3 is 19.1 Å². The van der Waals surface area contributed by atoms with Crippen molar-refractivity contribution in [2.45, 2.75) is 45.6 Å². The van der Waals surface area contributed by atoms with Crippen LogP contribution in [0.4, 0.5) is 0 Å². The van der Waals surface area contributed by atoms with Crippen molar-refractivity contribution in [1.82, 2.24) is 9.80 Å². The van der Waals surface area contributed by atoms with Crippen molar-refractivity contribution >= 4 is 5.91 Å². The third-order valence-electron chi connectivity index (χ3n) is 4.79. The monoisotopic (exact) mass is 348 g/mol. The first kappa shape index (κ1) is 18.0. The Morgan fingerprint density at radius 1 is 1.20 bits per heavy atom. The Balaban J connectivity index is 1.62. The van der Waals surface area contributed by atoms with Gasteiger partial charge in [0.1, 0.15) is 13.2 Å². The summed E-state index contributed by atoms with van der Waals surface area (Å²) in [6, 6.07) is 5.78. The van der Waals surface area contributed by atoms with Crippen molar-refractivity contribution < 1.29 is 19.0 Å². The molecule has 3 atom stereocenters. The minimum Gasteiger partial charge on any atom is -0.486 e. The highest BCUT2D eigenvalue weighted by atomic mass is 16.6. The Labute approximate surface area is 149 Å². The van der Waals surface area contributed by atoms with Gasteiger partial charge >= 0.3 is 0 Å². The Morgan fingerprint density at radius 3 is 2.52 bits per heavy atom. The van der Waals surface area contributed by atoms with E-state index in [9.17, 15) is 4.79 Å². The molecule has 3 rings (SSSR count). The molecule has 0 aromatic heterocycles. The highest BCUT2D eigenvalue weighted by Crippen LogP contribution is 2.31. The summed E-state index contributed by atoms with van der Waals surface area (Å²) in [5, 5.41) is 0. The van der Waals surface area contributed by atoms with Gasteiger partial charge in [0.25, 0.3) is 0 Å². The summed E-state index contributed by atoms with van der Waals surface area (Å²) in [5.41, 5.74) is 1.11. The lowest BCUT2D eigenvalue weighted by Crippen LogP contribution is -2.53. The van der Waals surface area contributed by atoms with Gasteiger partial charge in [0, 0.05) is 19.6 Å². The van der Waals surface area contributed by atoms with Gasteiger partial charge in [0.2, 0.25) is 5.91 Å². The molecule has 1 amide bonds. The molecule has 6 heteroatoms. The number of carbonyl (C=O) groups excluding carboxylic acids is 1. The molecule has 2 heterocycles. The van der Waals surface area contributed by atoms with Crippen LogP contribution in [0.15, 0.2) is 18.2 Å². The molecule has 1 aromatic carbocycles. The zero-order chi connectivity index (χ0) is 18.0. The van der Waals surface area contributed by atoms with E-state index in [0.29, 0.717) is 32.8 Å². The molecule has 138 valence electrons. The molecule has 1 aromatic rings. The number of nitrogens with zero attached hydrogens (tertiary/aromatic N) is 2. The SMILES string of the molecule is CC1CN(C(=O)C(C)N(C)Cc2ccc3c(c2)OCCO3)CC(C)O1. The van der Waals surface area contributed by atoms with E-state index in [-0.39, 0.29) is 24.2 Å². The second kappa shape index (κ2) is 7.62. The van der Waals surface area contributed by atoms with Crippen molar-refractivity contribution in [2.75, 3.05) is 33.4 Å². The molecule has 0 saturated carbocycles. The largest absolute Gasteiger partial charge is 0.486 e. The number of benzene rings is 1. The number of hydrogen-bond donors (Lipinski definition) is 0. The van der Waals surface area contributed by atoms with Crippen LogP contribution in [-0.4, -0.2) is 67.3 Å². The standard InChI is InChI=1S/C19H28N2O4/c1-13-10-21(11-14(2)25-13)19(22)15(3)20(4)12-16-5-6-17-18(9-16)24-8-7-23-17/h5-6,9,13-15H,7-8,10-12H2,1-4H3. The number of morpholine rings is 1. The fraction of sp³-hybridized carbons (Fsp3) is 0.632. The average molecular weight is 348 g/mol. The molecule has 0 N–H and O–H groups in total. The van der Waals surface area contributed by atoms with Gasteiger partial charge in [-0.05, 0) is 45.5 Å². The van der Waals surface area contributed by atoms with Crippen molar-refractivity contribution in [3.05, 3.63) is 23.8 Å². The molecule has 0 aliphatic carbocycles. The van der Waals surface area contributed by atoms with E-state index in [4.69, 9.17) is 14.2 Å². The van der Waals surface area contributed by atoms with E-state index < -0.39 is 0 Å². The van der Waals surface area contributed by atoms with Crippen LogP contribution in [-0.2, 0) is 16.1 Å². The van der Waals surface area contributed by atoms with E-state index in [2.05, 4.69) is 4.90 Å². The Hall–Kier alpha value is -1.79. The summed E-state index contributed by atoms with van der Waals surface area (Å²) in [4.78, 5) is 16.8. The van der Waals surface area contributed by atoms with Gasteiger partial charge in [-0.1, -0.05) is 6.07 Å². The maximum atomic E-state index is 12.8. The lowest BCUT2D eigenvalue weighted by atomic mass is 10.1. The van der Waals surface area contributed by atoms with E-state index in [1.54, 1.807) is 0 Å². The fourth-order valence-electron chi connectivity index (χ4n) is 3.42. The van der Waals surface area contributed by atoms with Gasteiger partial charge in [-0.15, -0.1) is 0 Å². The molecule has 0 radical (unpaired) electrons. The van der Waals surface area contributed by atoms with E-state index in [1.165, 1.54) is 0 Å². The van der Waals surface area contributed by atoms with Crippen LogP contribution < -0.4 is 9.47 Å². The first-order valence-electron chi connectivity index (χ1n) is 8.97. The highest BCUT2D eigenvalue weighted by Gasteiger charge is 2.30. The first-order chi connectivity index (χ1) is 11.9. The van der Waals surface area contributed by atoms with Crippen molar-refractivity contribution in [3.8, 4) is 11.5 Å². The van der Waals surface area contributed by atoms with E-state index >= 15 is 0 Å². The summed E-state index contributed by atoms with van der Waals surface area (Å²) in [7, 11) is 1.98. The molecule has 6 nitrogen and oxygen atoms in total. The maximum Gasteiger partial charge on any atom is 0.239 e. The zero-order valence-corrected chi connectivity index (χ0v) is 15.5. The predicted molar refractivity (Wildman–Crippen MR) is 95.0 cm³/mol. The first-order valence-corrected chi connectivity index (χ1v) is 8.97. The van der Waals surface area contributed by atoms with E-state index in [1.807, 2.05) is 50.9 Å². The highest BCUT2D eigenvalue weighted by molar-refractivity contribution is 5.81. The molecule has 1 saturated heterocycles. The van der Waals surface area contributed by atoms with Crippen molar-refractivity contribution in [3.63, 3.8) is 0 Å². The third kappa shape index (κ3) is 4.25. The van der Waals surface area contributed by atoms with Crippen LogP contribution in [0.1, 0.15) is 26.3 Å². The smallest absolute Gasteiger partial charge is 0.239 e. The summed E-state index contributed by atoms with van der Waals surface area (Å²) >= 11 is 0. The molecular formula is C19H28N2O4. The van der Waals surface area contributed by atoms with Crippen LogP contribution in [0.25, 0.3) is 0 Å². The average Bonchev–Trinajstić information content (AvgIpc) is 2.59. The predicted octanol–water partition coefficient (Wildman–Crippen LogP) is 1.91. The maximum absolute atomic E-state index is 12.8. The number of hydrogen-bond acceptors (Lipinski definition) is 5. The van der Waals surface area contributed by atoms with Crippen molar-refractivity contribution in [1.29, 1.82) is 0 Å². The molecular weight excluding hydrogens is 320 g/mol. The molecule has 2 aliphatic heterocycles. The molecule has 2 aliphatic rings. The van der Waals surface area contributed by atoms with Gasteiger partial charge in [-0.3, -0.25) is 9.69 Å². The Bertz CT molecular complexity index is 611. The molecule has 25 heavy (non-hydrogen) atoms.